The number of nitrogens with one attached hydrogen (secondary N) is 1. The normalized spacial score (nSPS) is 10.1. The van der Waals surface area contributed by atoms with Crippen LogP contribution in [0.15, 0.2) is 17.2 Å². The molecular formula is C17H16N4O5S. The van der Waals surface area contributed by atoms with Crippen LogP contribution in [0.3, 0.4) is 0 Å². The number of esters is 1. The zero-order valence-corrected chi connectivity index (χ0v) is 15.3. The minimum atomic E-state index is -0.508. The SMILES string of the molecule is COC(=O)CSc1nc(N)c(C=N)c(-c2cc(O)c(O)c(OC)c2)c1C#N. The highest BCUT2D eigenvalue weighted by molar-refractivity contribution is 7.99. The molecule has 0 aliphatic carbocycles. The Kier molecular flexibility index (Phi) is 6.10. The number of phenols is 2. The molecule has 1 aromatic carbocycles. The van der Waals surface area contributed by atoms with Crippen LogP contribution < -0.4 is 10.5 Å². The lowest BCUT2D eigenvalue weighted by atomic mass is 9.96. The molecule has 0 unspecified atom stereocenters. The number of anilines is 1. The van der Waals surface area contributed by atoms with Crippen molar-refractivity contribution in [2.75, 3.05) is 25.7 Å². The van der Waals surface area contributed by atoms with Gasteiger partial charge < -0.3 is 30.8 Å². The third-order valence-electron chi connectivity index (χ3n) is 3.61. The fourth-order valence-electron chi connectivity index (χ4n) is 2.33. The molecule has 1 aromatic heterocycles. The van der Waals surface area contributed by atoms with Gasteiger partial charge in [-0.1, -0.05) is 11.8 Å². The van der Waals surface area contributed by atoms with Crippen molar-refractivity contribution < 1.29 is 24.5 Å². The number of nitrogen functional groups attached to an aromatic ring is 1. The molecule has 0 radical (unpaired) electrons. The van der Waals surface area contributed by atoms with E-state index in [1.165, 1.54) is 26.4 Å². The Bertz CT molecular complexity index is 956. The lowest BCUT2D eigenvalue weighted by molar-refractivity contribution is -0.137. The summed E-state index contributed by atoms with van der Waals surface area (Å²) in [6.07, 6.45) is 0.934. The second-order valence-electron chi connectivity index (χ2n) is 5.13. The van der Waals surface area contributed by atoms with Gasteiger partial charge in [0, 0.05) is 17.3 Å². The van der Waals surface area contributed by atoms with Gasteiger partial charge in [-0.05, 0) is 17.7 Å². The molecule has 0 aliphatic heterocycles. The monoisotopic (exact) mass is 388 g/mol. The van der Waals surface area contributed by atoms with E-state index in [2.05, 4.69) is 9.72 Å². The molecular weight excluding hydrogens is 372 g/mol. The van der Waals surface area contributed by atoms with Crippen LogP contribution >= 0.6 is 11.8 Å². The van der Waals surface area contributed by atoms with Gasteiger partial charge in [0.15, 0.2) is 11.5 Å². The lowest BCUT2D eigenvalue weighted by Crippen LogP contribution is -2.08. The second-order valence-corrected chi connectivity index (χ2v) is 6.10. The summed E-state index contributed by atoms with van der Waals surface area (Å²) in [5, 5.41) is 37.3. The summed E-state index contributed by atoms with van der Waals surface area (Å²) in [7, 11) is 2.55. The summed E-state index contributed by atoms with van der Waals surface area (Å²) in [5.74, 6) is -1.58. The number of ether oxygens (including phenoxy) is 2. The molecule has 10 heteroatoms. The first-order valence-electron chi connectivity index (χ1n) is 7.41. The zero-order chi connectivity index (χ0) is 20.1. The number of phenolic OH excluding ortho intramolecular Hbond substituents is 2. The van der Waals surface area contributed by atoms with Gasteiger partial charge >= 0.3 is 5.97 Å². The number of rotatable bonds is 6. The molecule has 2 aromatic rings. The molecule has 0 aliphatic rings. The fraction of sp³-hybridized carbons (Fsp3) is 0.176. The minimum absolute atomic E-state index is 0.0241. The van der Waals surface area contributed by atoms with E-state index in [0.717, 1.165) is 18.0 Å². The van der Waals surface area contributed by atoms with Crippen LogP contribution in [0.25, 0.3) is 11.1 Å². The molecule has 9 nitrogen and oxygen atoms in total. The number of nitrogens with two attached hydrogens (primary N) is 1. The van der Waals surface area contributed by atoms with Crippen LogP contribution in [0.1, 0.15) is 11.1 Å². The number of nitriles is 1. The number of nitrogens with zero attached hydrogens (tertiary/aromatic N) is 2. The summed E-state index contributed by atoms with van der Waals surface area (Å²) in [4.78, 5) is 15.5. The Balaban J connectivity index is 2.76. The molecule has 0 saturated heterocycles. The van der Waals surface area contributed by atoms with Crippen molar-refractivity contribution in [2.24, 2.45) is 0 Å². The summed E-state index contributed by atoms with van der Waals surface area (Å²) in [5.41, 5.74) is 6.65. The van der Waals surface area contributed by atoms with Crippen LogP contribution in [0.2, 0.25) is 0 Å². The van der Waals surface area contributed by atoms with E-state index in [1.807, 2.05) is 6.07 Å². The van der Waals surface area contributed by atoms with Gasteiger partial charge in [-0.3, -0.25) is 4.79 Å². The number of methoxy groups -OCH3 is 2. The van der Waals surface area contributed by atoms with E-state index < -0.39 is 17.5 Å². The Morgan fingerprint density at radius 1 is 1.44 bits per heavy atom. The molecule has 27 heavy (non-hydrogen) atoms. The maximum atomic E-state index is 11.4. The van der Waals surface area contributed by atoms with Crippen molar-refractivity contribution in [1.29, 1.82) is 10.7 Å². The summed E-state index contributed by atoms with van der Waals surface area (Å²) < 4.78 is 9.61. The van der Waals surface area contributed by atoms with Gasteiger partial charge in [-0.2, -0.15) is 5.26 Å². The Hall–Kier alpha value is -3.45. The fourth-order valence-corrected chi connectivity index (χ4v) is 3.16. The quantitative estimate of drug-likeness (QED) is 0.250. The van der Waals surface area contributed by atoms with Gasteiger partial charge in [-0.15, -0.1) is 0 Å². The van der Waals surface area contributed by atoms with Gasteiger partial charge in [-0.25, -0.2) is 4.98 Å². The highest BCUT2D eigenvalue weighted by Crippen LogP contribution is 2.43. The van der Waals surface area contributed by atoms with Gasteiger partial charge in [0.2, 0.25) is 5.75 Å². The van der Waals surface area contributed by atoms with E-state index >= 15 is 0 Å². The molecule has 5 N–H and O–H groups in total. The Labute approximate surface area is 158 Å². The molecule has 0 spiro atoms. The topological polar surface area (TPSA) is 163 Å². The van der Waals surface area contributed by atoms with Crippen LogP contribution in [0.5, 0.6) is 17.2 Å². The number of benzene rings is 1. The summed E-state index contributed by atoms with van der Waals surface area (Å²) >= 11 is 0.957. The molecule has 0 saturated carbocycles. The summed E-state index contributed by atoms with van der Waals surface area (Å²) in [6.45, 7) is 0. The average molecular weight is 388 g/mol. The molecule has 0 atom stereocenters. The lowest BCUT2D eigenvalue weighted by Gasteiger charge is -2.15. The van der Waals surface area contributed by atoms with Gasteiger partial charge in [0.1, 0.15) is 16.9 Å². The first-order valence-corrected chi connectivity index (χ1v) is 8.40. The van der Waals surface area contributed by atoms with Crippen LogP contribution in [-0.4, -0.2) is 47.4 Å². The largest absolute Gasteiger partial charge is 0.504 e. The third-order valence-corrected chi connectivity index (χ3v) is 4.55. The number of hydrogen-bond donors (Lipinski definition) is 4. The van der Waals surface area contributed by atoms with Crippen LogP contribution in [0, 0.1) is 16.7 Å². The average Bonchev–Trinajstić information content (AvgIpc) is 2.67. The molecule has 0 fully saturated rings. The van der Waals surface area contributed by atoms with E-state index in [9.17, 15) is 20.3 Å². The van der Waals surface area contributed by atoms with Crippen molar-refractivity contribution in [3.8, 4) is 34.4 Å². The van der Waals surface area contributed by atoms with E-state index in [0.29, 0.717) is 0 Å². The third kappa shape index (κ3) is 3.88. The van der Waals surface area contributed by atoms with Crippen molar-refractivity contribution in [3.63, 3.8) is 0 Å². The number of aromatic nitrogens is 1. The first kappa shape index (κ1) is 19.9. The minimum Gasteiger partial charge on any atom is -0.504 e. The Morgan fingerprint density at radius 2 is 2.15 bits per heavy atom. The van der Waals surface area contributed by atoms with Crippen molar-refractivity contribution in [2.45, 2.75) is 5.03 Å². The van der Waals surface area contributed by atoms with E-state index in [1.54, 1.807) is 0 Å². The summed E-state index contributed by atoms with van der Waals surface area (Å²) in [6, 6.07) is 4.61. The van der Waals surface area contributed by atoms with Crippen LogP contribution in [0.4, 0.5) is 5.82 Å². The molecule has 0 bridgehead atoms. The van der Waals surface area contributed by atoms with Crippen molar-refractivity contribution in [1.82, 2.24) is 4.98 Å². The smallest absolute Gasteiger partial charge is 0.316 e. The molecule has 140 valence electrons. The number of pyridine rings is 1. The highest BCUT2D eigenvalue weighted by Gasteiger charge is 2.22. The van der Waals surface area contributed by atoms with E-state index in [-0.39, 0.29) is 44.6 Å². The number of carbonyl (C=O) groups is 1. The molecule has 0 amide bonds. The molecule has 2 rings (SSSR count). The predicted molar refractivity (Wildman–Crippen MR) is 99.3 cm³/mol. The number of aromatic hydroxyl groups is 2. The number of thioether (sulfide) groups is 1. The van der Waals surface area contributed by atoms with Crippen molar-refractivity contribution >= 4 is 29.8 Å². The highest BCUT2D eigenvalue weighted by atomic mass is 32.2. The zero-order valence-electron chi connectivity index (χ0n) is 14.4. The van der Waals surface area contributed by atoms with Crippen molar-refractivity contribution in [3.05, 3.63) is 23.3 Å². The maximum absolute atomic E-state index is 11.4. The number of carbonyl (C=O) groups excluding carboxylic acids is 1. The molecule has 1 heterocycles. The maximum Gasteiger partial charge on any atom is 0.316 e. The second kappa shape index (κ2) is 8.29. The number of hydrogen-bond acceptors (Lipinski definition) is 10. The van der Waals surface area contributed by atoms with Crippen LogP contribution in [-0.2, 0) is 9.53 Å². The van der Waals surface area contributed by atoms with Gasteiger partial charge in [0.25, 0.3) is 0 Å². The first-order chi connectivity index (χ1) is 12.9. The Morgan fingerprint density at radius 3 is 2.70 bits per heavy atom. The van der Waals surface area contributed by atoms with Gasteiger partial charge in [0.05, 0.1) is 25.5 Å². The van der Waals surface area contributed by atoms with E-state index in [4.69, 9.17) is 15.9 Å². The predicted octanol–water partition coefficient (Wildman–Crippen LogP) is 1.89. The standard InChI is InChI=1S/C17H16N4O5S/c1-25-12-4-8(3-11(22)15(12)24)14-9(5-18)16(20)21-17(10(14)6-19)27-7-13(23)26-2/h3-5,18,22,24H,7H2,1-2H3,(H2,20,21).